The highest BCUT2D eigenvalue weighted by Gasteiger charge is 2.10. The number of aromatic nitrogens is 1. The van der Waals surface area contributed by atoms with Gasteiger partial charge in [-0.05, 0) is 36.6 Å². The third kappa shape index (κ3) is 3.58. The second-order valence-corrected chi connectivity index (χ2v) is 7.49. The molecule has 0 aliphatic carbocycles. The Hall–Kier alpha value is -1.40. The van der Waals surface area contributed by atoms with Crippen LogP contribution >= 0.6 is 45.9 Å². The Bertz CT molecular complexity index is 953. The summed E-state index contributed by atoms with van der Waals surface area (Å²) in [7, 11) is 0. The molecule has 0 aliphatic heterocycles. The molecule has 3 nitrogen and oxygen atoms in total. The first kappa shape index (κ1) is 16.5. The van der Waals surface area contributed by atoms with E-state index >= 15 is 0 Å². The van der Waals surface area contributed by atoms with Crippen molar-refractivity contribution in [1.29, 1.82) is 0 Å². The van der Waals surface area contributed by atoms with Gasteiger partial charge in [0.15, 0.2) is 4.80 Å². The number of rotatable bonds is 3. The van der Waals surface area contributed by atoms with Gasteiger partial charge in [-0.25, -0.2) is 0 Å². The lowest BCUT2D eigenvalue weighted by atomic mass is 10.3. The molecule has 7 heteroatoms. The van der Waals surface area contributed by atoms with Crippen LogP contribution in [0.3, 0.4) is 0 Å². The van der Waals surface area contributed by atoms with Crippen molar-refractivity contribution in [3.05, 3.63) is 55.4 Å². The Balaban J connectivity index is 2.05. The van der Waals surface area contributed by atoms with E-state index in [1.54, 1.807) is 23.5 Å². The van der Waals surface area contributed by atoms with E-state index in [4.69, 9.17) is 23.2 Å². The number of hydrogen-bond acceptors (Lipinski definition) is 3. The molecular weight excluding hydrogens is 371 g/mol. The van der Waals surface area contributed by atoms with Crippen molar-refractivity contribution in [2.75, 3.05) is 0 Å². The van der Waals surface area contributed by atoms with Gasteiger partial charge in [-0.1, -0.05) is 40.6 Å². The average molecular weight is 383 g/mol. The van der Waals surface area contributed by atoms with Crippen LogP contribution in [0.15, 0.2) is 40.7 Å². The normalized spacial score (nSPS) is 12.6. The van der Waals surface area contributed by atoms with Gasteiger partial charge in [0.05, 0.1) is 15.2 Å². The maximum Gasteiger partial charge on any atom is 0.272 e. The first-order valence-electron chi connectivity index (χ1n) is 6.87. The number of benzene rings is 1. The van der Waals surface area contributed by atoms with Crippen LogP contribution in [0.25, 0.3) is 16.3 Å². The molecule has 0 fully saturated rings. The van der Waals surface area contributed by atoms with Crippen molar-refractivity contribution >= 4 is 68.1 Å². The molecule has 118 valence electrons. The molecule has 0 radical (unpaired) electrons. The van der Waals surface area contributed by atoms with Gasteiger partial charge < -0.3 is 4.57 Å². The SMILES string of the molecule is CCn1c(=NC(=O)/C=C/c2cccs2)sc2cc(Cl)cc(Cl)c21. The Morgan fingerprint density at radius 2 is 2.22 bits per heavy atom. The molecule has 0 N–H and O–H groups in total. The fourth-order valence-corrected chi connectivity index (χ4v) is 4.68. The summed E-state index contributed by atoms with van der Waals surface area (Å²) in [4.78, 5) is 17.9. The molecule has 23 heavy (non-hydrogen) atoms. The van der Waals surface area contributed by atoms with Crippen LogP contribution in [0.2, 0.25) is 10.0 Å². The minimum Gasteiger partial charge on any atom is -0.315 e. The van der Waals surface area contributed by atoms with Gasteiger partial charge in [0.1, 0.15) is 0 Å². The van der Waals surface area contributed by atoms with E-state index in [-0.39, 0.29) is 5.91 Å². The number of thiazole rings is 1. The van der Waals surface area contributed by atoms with E-state index in [0.717, 1.165) is 15.1 Å². The number of fused-ring (bicyclic) bond motifs is 1. The lowest BCUT2D eigenvalue weighted by Gasteiger charge is -2.02. The predicted molar refractivity (Wildman–Crippen MR) is 99.4 cm³/mol. The van der Waals surface area contributed by atoms with Gasteiger partial charge in [0.2, 0.25) is 0 Å². The molecule has 0 aliphatic rings. The Kier molecular flexibility index (Phi) is 5.02. The zero-order valence-electron chi connectivity index (χ0n) is 12.1. The quantitative estimate of drug-likeness (QED) is 0.570. The highest BCUT2D eigenvalue weighted by Crippen LogP contribution is 2.29. The number of thiophene rings is 1. The molecule has 0 atom stereocenters. The third-order valence-electron chi connectivity index (χ3n) is 3.15. The minimum atomic E-state index is -0.297. The van der Waals surface area contributed by atoms with Crippen LogP contribution in [0.4, 0.5) is 0 Å². The van der Waals surface area contributed by atoms with Crippen molar-refractivity contribution in [3.8, 4) is 0 Å². The smallest absolute Gasteiger partial charge is 0.272 e. The summed E-state index contributed by atoms with van der Waals surface area (Å²) in [6, 6.07) is 7.42. The molecule has 2 aromatic heterocycles. The maximum absolute atomic E-state index is 12.1. The summed E-state index contributed by atoms with van der Waals surface area (Å²) in [6.45, 7) is 2.66. The minimum absolute atomic E-state index is 0.297. The number of halogens is 2. The Labute approximate surface area is 151 Å². The fourth-order valence-electron chi connectivity index (χ4n) is 2.18. The van der Waals surface area contributed by atoms with Crippen LogP contribution in [-0.4, -0.2) is 10.5 Å². The van der Waals surface area contributed by atoms with E-state index in [1.165, 1.54) is 17.4 Å². The van der Waals surface area contributed by atoms with Gasteiger partial charge in [-0.3, -0.25) is 4.79 Å². The maximum atomic E-state index is 12.1. The molecule has 1 amide bonds. The summed E-state index contributed by atoms with van der Waals surface area (Å²) in [5.41, 5.74) is 0.859. The zero-order valence-corrected chi connectivity index (χ0v) is 15.3. The first-order valence-corrected chi connectivity index (χ1v) is 9.32. The molecule has 0 spiro atoms. The molecule has 1 aromatic carbocycles. The molecule has 2 heterocycles. The molecule has 0 unspecified atom stereocenters. The second-order valence-electron chi connectivity index (χ2n) is 4.66. The number of aryl methyl sites for hydroxylation is 1. The molecule has 0 bridgehead atoms. The predicted octanol–water partition coefficient (Wildman–Crippen LogP) is 5.23. The van der Waals surface area contributed by atoms with Crippen molar-refractivity contribution in [3.63, 3.8) is 0 Å². The molecule has 0 saturated heterocycles. The fraction of sp³-hybridized carbons (Fsp3) is 0.125. The molecular formula is C16H12Cl2N2OS2. The summed E-state index contributed by atoms with van der Waals surface area (Å²) in [6.07, 6.45) is 3.24. The summed E-state index contributed by atoms with van der Waals surface area (Å²) in [5.74, 6) is -0.297. The highest BCUT2D eigenvalue weighted by atomic mass is 35.5. The van der Waals surface area contributed by atoms with E-state index in [0.29, 0.717) is 21.4 Å². The molecule has 3 aromatic rings. The largest absolute Gasteiger partial charge is 0.315 e. The summed E-state index contributed by atoms with van der Waals surface area (Å²) in [5, 5.41) is 3.10. The van der Waals surface area contributed by atoms with Crippen molar-refractivity contribution in [1.82, 2.24) is 4.57 Å². The molecule has 3 rings (SSSR count). The third-order valence-corrected chi connectivity index (χ3v) is 5.52. The standard InChI is InChI=1S/C16H12Cl2N2OS2/c1-2-20-15-12(18)8-10(17)9-13(15)23-16(20)19-14(21)6-5-11-4-3-7-22-11/h3-9H,2H2,1H3/b6-5+,19-16?. The highest BCUT2D eigenvalue weighted by molar-refractivity contribution is 7.16. The van der Waals surface area contributed by atoms with Crippen molar-refractivity contribution in [2.24, 2.45) is 4.99 Å². The van der Waals surface area contributed by atoms with E-state index in [2.05, 4.69) is 4.99 Å². The van der Waals surface area contributed by atoms with Crippen molar-refractivity contribution in [2.45, 2.75) is 13.5 Å². The van der Waals surface area contributed by atoms with Crippen molar-refractivity contribution < 1.29 is 4.79 Å². The van der Waals surface area contributed by atoms with E-state index in [9.17, 15) is 4.79 Å². The van der Waals surface area contributed by atoms with Gasteiger partial charge in [0.25, 0.3) is 5.91 Å². The van der Waals surface area contributed by atoms with Crippen LogP contribution in [0, 0.1) is 0 Å². The summed E-state index contributed by atoms with van der Waals surface area (Å²) < 4.78 is 2.84. The number of amides is 1. The second kappa shape index (κ2) is 7.01. The Morgan fingerprint density at radius 3 is 2.91 bits per heavy atom. The zero-order chi connectivity index (χ0) is 16.4. The van der Waals surface area contributed by atoms with Crippen LogP contribution < -0.4 is 4.80 Å². The number of nitrogens with zero attached hydrogens (tertiary/aromatic N) is 2. The number of carbonyl (C=O) groups is 1. The van der Waals surface area contributed by atoms with Gasteiger partial charge in [-0.15, -0.1) is 11.3 Å². The van der Waals surface area contributed by atoms with E-state index < -0.39 is 0 Å². The van der Waals surface area contributed by atoms with Crippen LogP contribution in [-0.2, 0) is 11.3 Å². The van der Waals surface area contributed by atoms with Gasteiger partial charge in [0, 0.05) is 22.5 Å². The topological polar surface area (TPSA) is 34.4 Å². The van der Waals surface area contributed by atoms with E-state index in [1.807, 2.05) is 35.1 Å². The molecule has 0 saturated carbocycles. The van der Waals surface area contributed by atoms with Crippen LogP contribution in [0.5, 0.6) is 0 Å². The summed E-state index contributed by atoms with van der Waals surface area (Å²) >= 11 is 15.3. The lowest BCUT2D eigenvalue weighted by molar-refractivity contribution is -0.113. The lowest BCUT2D eigenvalue weighted by Crippen LogP contribution is -2.15. The van der Waals surface area contributed by atoms with Gasteiger partial charge in [-0.2, -0.15) is 4.99 Å². The Morgan fingerprint density at radius 1 is 1.39 bits per heavy atom. The first-order chi connectivity index (χ1) is 11.1. The average Bonchev–Trinajstić information content (AvgIpc) is 3.12. The van der Waals surface area contributed by atoms with Crippen LogP contribution in [0.1, 0.15) is 11.8 Å². The number of hydrogen-bond donors (Lipinski definition) is 0. The number of carbonyl (C=O) groups excluding carboxylic acids is 1. The monoisotopic (exact) mass is 382 g/mol. The van der Waals surface area contributed by atoms with Gasteiger partial charge >= 0.3 is 0 Å².